The molecule has 0 spiro atoms. The molecule has 0 saturated carbocycles. The van der Waals surface area contributed by atoms with Gasteiger partial charge in [-0.1, -0.05) is 36.4 Å². The van der Waals surface area contributed by atoms with Gasteiger partial charge in [-0.15, -0.1) is 0 Å². The molecule has 5 nitrogen and oxygen atoms in total. The number of allylic oxidation sites excluding steroid dienone is 1. The van der Waals surface area contributed by atoms with Crippen LogP contribution in [0.15, 0.2) is 66.4 Å². The van der Waals surface area contributed by atoms with Crippen LogP contribution in [0.2, 0.25) is 0 Å². The number of aryl methyl sites for hydroxylation is 2. The SMILES string of the molecule is COc1ccc(CC(=O)Oc2cc(C)c3c(c2)O/C(=C\c2ccccc2C)C3=O)cc1. The molecule has 3 aromatic carbocycles. The van der Waals surface area contributed by atoms with Crippen LogP contribution >= 0.6 is 0 Å². The van der Waals surface area contributed by atoms with Gasteiger partial charge >= 0.3 is 5.97 Å². The van der Waals surface area contributed by atoms with Gasteiger partial charge in [0, 0.05) is 6.07 Å². The zero-order chi connectivity index (χ0) is 22.0. The number of carbonyl (C=O) groups is 2. The molecule has 0 amide bonds. The highest BCUT2D eigenvalue weighted by Crippen LogP contribution is 2.37. The first-order valence-corrected chi connectivity index (χ1v) is 9.92. The number of benzene rings is 3. The van der Waals surface area contributed by atoms with Crippen LogP contribution in [0.5, 0.6) is 17.2 Å². The molecule has 0 atom stereocenters. The Bertz CT molecular complexity index is 1190. The van der Waals surface area contributed by atoms with Crippen molar-refractivity contribution in [1.82, 2.24) is 0 Å². The van der Waals surface area contributed by atoms with Gasteiger partial charge in [0.05, 0.1) is 19.1 Å². The first kappa shape index (κ1) is 20.4. The minimum absolute atomic E-state index is 0.123. The summed E-state index contributed by atoms with van der Waals surface area (Å²) in [5.74, 6) is 1.16. The van der Waals surface area contributed by atoms with Gasteiger partial charge in [0.15, 0.2) is 5.76 Å². The topological polar surface area (TPSA) is 61.8 Å². The second kappa shape index (κ2) is 8.48. The van der Waals surface area contributed by atoms with E-state index in [1.807, 2.05) is 43.3 Å². The van der Waals surface area contributed by atoms with E-state index in [-0.39, 0.29) is 18.0 Å². The minimum Gasteiger partial charge on any atom is -0.497 e. The number of ketones is 1. The summed E-state index contributed by atoms with van der Waals surface area (Å²) in [5, 5.41) is 0. The molecule has 0 bridgehead atoms. The van der Waals surface area contributed by atoms with Gasteiger partial charge in [0.2, 0.25) is 5.78 Å². The smallest absolute Gasteiger partial charge is 0.315 e. The zero-order valence-corrected chi connectivity index (χ0v) is 17.6. The Hall–Kier alpha value is -3.86. The highest BCUT2D eigenvalue weighted by molar-refractivity contribution is 6.15. The van der Waals surface area contributed by atoms with E-state index in [1.165, 1.54) is 0 Å². The number of hydrogen-bond donors (Lipinski definition) is 0. The maximum atomic E-state index is 12.8. The fourth-order valence-electron chi connectivity index (χ4n) is 3.50. The van der Waals surface area contributed by atoms with Crippen molar-refractivity contribution in [2.24, 2.45) is 0 Å². The lowest BCUT2D eigenvalue weighted by atomic mass is 10.0. The Morgan fingerprint density at radius 1 is 0.968 bits per heavy atom. The van der Waals surface area contributed by atoms with E-state index >= 15 is 0 Å². The van der Waals surface area contributed by atoms with Crippen molar-refractivity contribution in [3.05, 3.63) is 94.2 Å². The molecule has 5 heteroatoms. The molecule has 1 heterocycles. The molecular formula is C26H22O5. The molecule has 4 rings (SSSR count). The Labute approximate surface area is 180 Å². The van der Waals surface area contributed by atoms with Gasteiger partial charge in [-0.2, -0.15) is 0 Å². The molecule has 0 unspecified atom stereocenters. The molecule has 156 valence electrons. The maximum absolute atomic E-state index is 12.8. The second-order valence-electron chi connectivity index (χ2n) is 7.41. The van der Waals surface area contributed by atoms with Gasteiger partial charge in [0.1, 0.15) is 17.2 Å². The fraction of sp³-hybridized carbons (Fsp3) is 0.154. The van der Waals surface area contributed by atoms with E-state index in [4.69, 9.17) is 14.2 Å². The van der Waals surface area contributed by atoms with E-state index in [9.17, 15) is 9.59 Å². The van der Waals surface area contributed by atoms with Crippen LogP contribution in [0.25, 0.3) is 6.08 Å². The summed E-state index contributed by atoms with van der Waals surface area (Å²) in [6.45, 7) is 3.78. The molecule has 0 aromatic heterocycles. The number of carbonyl (C=O) groups excluding carboxylic acids is 2. The molecule has 0 aliphatic carbocycles. The van der Waals surface area contributed by atoms with Gasteiger partial charge in [-0.05, 0) is 60.4 Å². The summed E-state index contributed by atoms with van der Waals surface area (Å²) in [6.07, 6.45) is 1.87. The number of esters is 1. The number of methoxy groups -OCH3 is 1. The highest BCUT2D eigenvalue weighted by Gasteiger charge is 2.30. The minimum atomic E-state index is -0.399. The molecular weight excluding hydrogens is 392 g/mol. The number of Topliss-reactive ketones (excluding diaryl/α,β-unsaturated/α-hetero) is 1. The normalized spacial score (nSPS) is 13.6. The van der Waals surface area contributed by atoms with Gasteiger partial charge in [-0.25, -0.2) is 0 Å². The van der Waals surface area contributed by atoms with Gasteiger partial charge < -0.3 is 14.2 Å². The summed E-state index contributed by atoms with van der Waals surface area (Å²) in [6, 6.07) is 18.3. The molecule has 1 aliphatic heterocycles. The number of fused-ring (bicyclic) bond motifs is 1. The van der Waals surface area contributed by atoms with E-state index in [0.29, 0.717) is 22.6 Å². The lowest BCUT2D eigenvalue weighted by Gasteiger charge is -2.08. The van der Waals surface area contributed by atoms with Crippen LogP contribution in [0.3, 0.4) is 0 Å². The van der Waals surface area contributed by atoms with Crippen LogP contribution < -0.4 is 14.2 Å². The van der Waals surface area contributed by atoms with Crippen molar-refractivity contribution in [2.75, 3.05) is 7.11 Å². The third-order valence-corrected chi connectivity index (χ3v) is 5.16. The second-order valence-corrected chi connectivity index (χ2v) is 7.41. The van der Waals surface area contributed by atoms with Crippen molar-refractivity contribution in [3.8, 4) is 17.2 Å². The lowest BCUT2D eigenvalue weighted by molar-refractivity contribution is -0.133. The lowest BCUT2D eigenvalue weighted by Crippen LogP contribution is -2.11. The third kappa shape index (κ3) is 4.36. The molecule has 0 radical (unpaired) electrons. The number of rotatable bonds is 5. The summed E-state index contributed by atoms with van der Waals surface area (Å²) in [7, 11) is 1.59. The molecule has 31 heavy (non-hydrogen) atoms. The quantitative estimate of drug-likeness (QED) is 0.331. The molecule has 0 N–H and O–H groups in total. The van der Waals surface area contributed by atoms with Crippen LogP contribution in [0, 0.1) is 13.8 Å². The van der Waals surface area contributed by atoms with Crippen molar-refractivity contribution in [1.29, 1.82) is 0 Å². The number of ether oxygens (including phenoxy) is 3. The fourth-order valence-corrected chi connectivity index (χ4v) is 3.50. The number of hydrogen-bond acceptors (Lipinski definition) is 5. The highest BCUT2D eigenvalue weighted by atomic mass is 16.5. The first-order chi connectivity index (χ1) is 14.9. The van der Waals surface area contributed by atoms with Crippen molar-refractivity contribution in [2.45, 2.75) is 20.3 Å². The van der Waals surface area contributed by atoms with E-state index in [0.717, 1.165) is 22.4 Å². The van der Waals surface area contributed by atoms with Crippen LogP contribution in [-0.4, -0.2) is 18.9 Å². The van der Waals surface area contributed by atoms with E-state index < -0.39 is 5.97 Å². The predicted octanol–water partition coefficient (Wildman–Crippen LogP) is 5.08. The average molecular weight is 414 g/mol. The maximum Gasteiger partial charge on any atom is 0.315 e. The van der Waals surface area contributed by atoms with Crippen LogP contribution in [0.1, 0.15) is 32.6 Å². The van der Waals surface area contributed by atoms with Gasteiger partial charge in [-0.3, -0.25) is 9.59 Å². The van der Waals surface area contributed by atoms with E-state index in [1.54, 1.807) is 44.4 Å². The Kier molecular flexibility index (Phi) is 5.58. The molecule has 0 saturated heterocycles. The predicted molar refractivity (Wildman–Crippen MR) is 118 cm³/mol. The summed E-state index contributed by atoms with van der Waals surface area (Å²) in [4.78, 5) is 25.2. The van der Waals surface area contributed by atoms with Crippen molar-refractivity contribution >= 4 is 17.8 Å². The van der Waals surface area contributed by atoms with Crippen LogP contribution in [0.4, 0.5) is 0 Å². The Morgan fingerprint density at radius 3 is 2.42 bits per heavy atom. The largest absolute Gasteiger partial charge is 0.497 e. The third-order valence-electron chi connectivity index (χ3n) is 5.16. The molecule has 0 fully saturated rings. The van der Waals surface area contributed by atoms with E-state index in [2.05, 4.69) is 0 Å². The first-order valence-electron chi connectivity index (χ1n) is 9.92. The Balaban J connectivity index is 1.52. The Morgan fingerprint density at radius 2 is 1.71 bits per heavy atom. The molecule has 1 aliphatic rings. The van der Waals surface area contributed by atoms with Crippen LogP contribution in [-0.2, 0) is 11.2 Å². The van der Waals surface area contributed by atoms with Crippen molar-refractivity contribution in [3.63, 3.8) is 0 Å². The summed E-state index contributed by atoms with van der Waals surface area (Å²) < 4.78 is 16.5. The average Bonchev–Trinajstić information content (AvgIpc) is 3.05. The zero-order valence-electron chi connectivity index (χ0n) is 17.6. The standard InChI is InChI=1S/C26H22O5/c1-16-6-4-5-7-19(16)14-23-26(28)25-17(2)12-21(15-22(25)31-23)30-24(27)13-18-8-10-20(29-3)11-9-18/h4-12,14-15H,13H2,1-3H3/b23-14-. The van der Waals surface area contributed by atoms with Gasteiger partial charge in [0.25, 0.3) is 0 Å². The molecule has 3 aromatic rings. The monoisotopic (exact) mass is 414 g/mol. The summed E-state index contributed by atoms with van der Waals surface area (Å²) in [5.41, 5.74) is 3.98. The summed E-state index contributed by atoms with van der Waals surface area (Å²) >= 11 is 0. The van der Waals surface area contributed by atoms with Crippen molar-refractivity contribution < 1.29 is 23.8 Å².